The number of carbonyl (C=O) groups is 1. The third-order valence-corrected chi connectivity index (χ3v) is 4.18. The van der Waals surface area contributed by atoms with Crippen molar-refractivity contribution in [1.82, 2.24) is 0 Å². The zero-order chi connectivity index (χ0) is 14.1. The summed E-state index contributed by atoms with van der Waals surface area (Å²) in [5.41, 5.74) is 0.920. The summed E-state index contributed by atoms with van der Waals surface area (Å²) in [7, 11) is 0. The fraction of sp³-hybridized carbons (Fsp3) is 0. The largest absolute Gasteiger partial charge is 0.478 e. The number of hydrogen-bond acceptors (Lipinski definition) is 3. The van der Waals surface area contributed by atoms with Crippen LogP contribution in [0.4, 0.5) is 0 Å². The van der Waals surface area contributed by atoms with E-state index in [1.807, 2.05) is 24.3 Å². The number of carboxylic acids is 1. The zero-order valence-corrected chi connectivity index (χ0v) is 11.2. The number of aromatic carboxylic acids is 1. The first-order valence-electron chi connectivity index (χ1n) is 6.02. The molecule has 20 heavy (non-hydrogen) atoms. The van der Waals surface area contributed by atoms with Crippen molar-refractivity contribution in [1.29, 1.82) is 0 Å². The lowest BCUT2D eigenvalue weighted by molar-refractivity contribution is 0.0697. The predicted molar refractivity (Wildman–Crippen MR) is 80.5 cm³/mol. The Morgan fingerprint density at radius 2 is 1.80 bits per heavy atom. The molecular weight excluding hydrogens is 272 g/mol. The summed E-state index contributed by atoms with van der Waals surface area (Å²) < 4.78 is 0.899. The van der Waals surface area contributed by atoms with Crippen LogP contribution in [-0.2, 0) is 0 Å². The minimum Gasteiger partial charge on any atom is -0.478 e. The first kappa shape index (κ1) is 12.6. The maximum Gasteiger partial charge on any atom is 0.335 e. The third-order valence-electron chi connectivity index (χ3n) is 3.03. The Morgan fingerprint density at radius 1 is 1.00 bits per heavy atom. The van der Waals surface area contributed by atoms with Crippen molar-refractivity contribution in [3.63, 3.8) is 0 Å². The number of rotatable bonds is 2. The van der Waals surface area contributed by atoms with E-state index in [-0.39, 0.29) is 11.0 Å². The fourth-order valence-corrected chi connectivity index (χ4v) is 3.12. The van der Waals surface area contributed by atoms with E-state index in [9.17, 15) is 9.59 Å². The van der Waals surface area contributed by atoms with Crippen LogP contribution in [0.3, 0.4) is 0 Å². The molecule has 0 radical (unpaired) electrons. The molecule has 1 N–H and O–H groups in total. The fourth-order valence-electron chi connectivity index (χ4n) is 2.05. The molecule has 0 aliphatic heterocycles. The lowest BCUT2D eigenvalue weighted by Crippen LogP contribution is -1.99. The summed E-state index contributed by atoms with van der Waals surface area (Å²) in [6.45, 7) is 0. The molecule has 0 spiro atoms. The van der Waals surface area contributed by atoms with Gasteiger partial charge in [-0.25, -0.2) is 4.79 Å². The minimum atomic E-state index is -0.972. The van der Waals surface area contributed by atoms with Gasteiger partial charge in [-0.15, -0.1) is 11.3 Å². The van der Waals surface area contributed by atoms with Crippen LogP contribution in [0.5, 0.6) is 0 Å². The third kappa shape index (κ3) is 2.21. The van der Waals surface area contributed by atoms with Gasteiger partial charge in [0.15, 0.2) is 5.43 Å². The topological polar surface area (TPSA) is 54.4 Å². The van der Waals surface area contributed by atoms with Crippen molar-refractivity contribution >= 4 is 27.4 Å². The van der Waals surface area contributed by atoms with Crippen molar-refractivity contribution in [3.05, 3.63) is 70.4 Å². The molecule has 98 valence electrons. The lowest BCUT2D eigenvalue weighted by Gasteiger charge is -2.04. The van der Waals surface area contributed by atoms with Crippen LogP contribution in [-0.4, -0.2) is 11.1 Å². The van der Waals surface area contributed by atoms with Crippen LogP contribution in [0.15, 0.2) is 59.4 Å². The first-order chi connectivity index (χ1) is 9.65. The van der Waals surface area contributed by atoms with Gasteiger partial charge in [-0.05, 0) is 29.8 Å². The second kappa shape index (κ2) is 4.90. The van der Waals surface area contributed by atoms with E-state index in [0.717, 1.165) is 15.1 Å². The average molecular weight is 282 g/mol. The van der Waals surface area contributed by atoms with Crippen molar-refractivity contribution in [3.8, 4) is 10.4 Å². The highest BCUT2D eigenvalue weighted by Gasteiger charge is 2.07. The Labute approximate surface area is 118 Å². The number of carboxylic acid groups (broad SMARTS) is 1. The quantitative estimate of drug-likeness (QED) is 0.781. The smallest absolute Gasteiger partial charge is 0.335 e. The molecule has 0 amide bonds. The second-order valence-corrected chi connectivity index (χ2v) is 5.44. The van der Waals surface area contributed by atoms with Gasteiger partial charge in [-0.1, -0.05) is 24.3 Å². The van der Waals surface area contributed by atoms with Crippen molar-refractivity contribution in [2.75, 3.05) is 0 Å². The van der Waals surface area contributed by atoms with Gasteiger partial charge >= 0.3 is 5.97 Å². The molecule has 1 heterocycles. The highest BCUT2D eigenvalue weighted by Crippen LogP contribution is 2.28. The summed E-state index contributed by atoms with van der Waals surface area (Å²) in [6, 6.07) is 15.6. The van der Waals surface area contributed by atoms with E-state index >= 15 is 0 Å². The van der Waals surface area contributed by atoms with E-state index in [1.165, 1.54) is 17.4 Å². The van der Waals surface area contributed by atoms with Gasteiger partial charge < -0.3 is 5.11 Å². The predicted octanol–water partition coefficient (Wildman–Crippen LogP) is 3.63. The van der Waals surface area contributed by atoms with Gasteiger partial charge in [-0.2, -0.15) is 0 Å². The summed E-state index contributed by atoms with van der Waals surface area (Å²) in [5, 5.41) is 9.71. The Balaban J connectivity index is 2.22. The molecule has 0 unspecified atom stereocenters. The maximum absolute atomic E-state index is 12.1. The van der Waals surface area contributed by atoms with Gasteiger partial charge in [0.25, 0.3) is 0 Å². The standard InChI is InChI=1S/C16H10O3S/c17-13-9-15(20-14-7-2-1-6-12(13)14)10-4-3-5-11(8-10)16(18)19/h1-9H,(H,18,19). The van der Waals surface area contributed by atoms with Crippen LogP contribution < -0.4 is 5.43 Å². The molecule has 0 saturated heterocycles. The van der Waals surface area contributed by atoms with Gasteiger partial charge in [-0.3, -0.25) is 4.79 Å². The van der Waals surface area contributed by atoms with E-state index < -0.39 is 5.97 Å². The summed E-state index contributed by atoms with van der Waals surface area (Å²) in [4.78, 5) is 23.9. The number of fused-ring (bicyclic) bond motifs is 1. The molecule has 0 atom stereocenters. The molecule has 0 bridgehead atoms. The maximum atomic E-state index is 12.1. The molecule has 4 heteroatoms. The van der Waals surface area contributed by atoms with Crippen LogP contribution in [0.25, 0.3) is 20.5 Å². The van der Waals surface area contributed by atoms with E-state index in [1.54, 1.807) is 24.3 Å². The molecule has 1 aromatic heterocycles. The Kier molecular flexibility index (Phi) is 3.08. The Morgan fingerprint density at radius 3 is 2.60 bits per heavy atom. The first-order valence-corrected chi connectivity index (χ1v) is 6.83. The SMILES string of the molecule is O=C(O)c1cccc(-c2cc(=O)c3ccccc3s2)c1. The van der Waals surface area contributed by atoms with Crippen molar-refractivity contribution in [2.24, 2.45) is 0 Å². The van der Waals surface area contributed by atoms with Gasteiger partial charge in [0.1, 0.15) is 0 Å². The van der Waals surface area contributed by atoms with Gasteiger partial charge in [0.2, 0.25) is 0 Å². The van der Waals surface area contributed by atoms with Gasteiger partial charge in [0, 0.05) is 21.0 Å². The van der Waals surface area contributed by atoms with Gasteiger partial charge in [0.05, 0.1) is 5.56 Å². The minimum absolute atomic E-state index is 0.0462. The van der Waals surface area contributed by atoms with E-state index in [2.05, 4.69) is 0 Å². The molecule has 0 aliphatic rings. The zero-order valence-electron chi connectivity index (χ0n) is 10.4. The van der Waals surface area contributed by atoms with Crippen LogP contribution in [0.1, 0.15) is 10.4 Å². The highest BCUT2D eigenvalue weighted by atomic mass is 32.1. The molecule has 3 rings (SSSR count). The molecule has 3 aromatic rings. The summed E-state index contributed by atoms with van der Waals surface area (Å²) in [5.74, 6) is -0.972. The molecule has 2 aromatic carbocycles. The van der Waals surface area contributed by atoms with Crippen LogP contribution >= 0.6 is 11.3 Å². The highest BCUT2D eigenvalue weighted by molar-refractivity contribution is 7.21. The van der Waals surface area contributed by atoms with E-state index in [4.69, 9.17) is 5.11 Å². The van der Waals surface area contributed by atoms with Crippen LogP contribution in [0.2, 0.25) is 0 Å². The monoisotopic (exact) mass is 282 g/mol. The van der Waals surface area contributed by atoms with Crippen molar-refractivity contribution in [2.45, 2.75) is 0 Å². The van der Waals surface area contributed by atoms with E-state index in [0.29, 0.717) is 5.39 Å². The average Bonchev–Trinajstić information content (AvgIpc) is 2.47. The Hall–Kier alpha value is -2.46. The molecular formula is C16H10O3S. The second-order valence-electron chi connectivity index (χ2n) is 4.36. The molecule has 0 saturated carbocycles. The number of hydrogen-bond donors (Lipinski definition) is 1. The summed E-state index contributed by atoms with van der Waals surface area (Å²) >= 11 is 1.48. The normalized spacial score (nSPS) is 10.6. The molecule has 0 aliphatic carbocycles. The van der Waals surface area contributed by atoms with Crippen molar-refractivity contribution < 1.29 is 9.90 Å². The Bertz CT molecular complexity index is 865. The lowest BCUT2D eigenvalue weighted by atomic mass is 10.1. The summed E-state index contributed by atoms with van der Waals surface area (Å²) in [6.07, 6.45) is 0. The van der Waals surface area contributed by atoms with Crippen LogP contribution in [0, 0.1) is 0 Å². The molecule has 3 nitrogen and oxygen atoms in total. The number of benzene rings is 2. The molecule has 0 fully saturated rings.